The van der Waals surface area contributed by atoms with Crippen molar-refractivity contribution < 1.29 is 4.39 Å². The Kier molecular flexibility index (Phi) is 3.44. The summed E-state index contributed by atoms with van der Waals surface area (Å²) in [5.41, 5.74) is 6.00. The first kappa shape index (κ1) is 12.1. The van der Waals surface area contributed by atoms with Crippen molar-refractivity contribution >= 4 is 44.9 Å². The van der Waals surface area contributed by atoms with Crippen LogP contribution in [0.3, 0.4) is 0 Å². The normalized spacial score (nSPS) is 10.3. The molecule has 88 valence electrons. The summed E-state index contributed by atoms with van der Waals surface area (Å²) in [6.45, 7) is 0. The molecule has 0 aliphatic heterocycles. The van der Waals surface area contributed by atoms with Gasteiger partial charge in [0.05, 0.1) is 23.1 Å². The summed E-state index contributed by atoms with van der Waals surface area (Å²) in [6, 6.07) is 2.50. The zero-order chi connectivity index (χ0) is 12.4. The molecule has 0 fully saturated rings. The summed E-state index contributed by atoms with van der Waals surface area (Å²) in [7, 11) is 0. The molecule has 0 aliphatic carbocycles. The van der Waals surface area contributed by atoms with Crippen LogP contribution in [-0.4, -0.2) is 9.97 Å². The third kappa shape index (κ3) is 2.83. The Morgan fingerprint density at radius 3 is 2.76 bits per heavy atom. The lowest BCUT2D eigenvalue weighted by Gasteiger charge is -2.09. The van der Waals surface area contributed by atoms with Gasteiger partial charge in [0, 0.05) is 4.47 Å². The summed E-state index contributed by atoms with van der Waals surface area (Å²) in [5.74, 6) is 0.287. The van der Waals surface area contributed by atoms with E-state index in [1.165, 1.54) is 24.5 Å². The SMILES string of the molecule is Nc1cncc(Nc2c(Cl)cc(F)cc2Br)n1. The minimum Gasteiger partial charge on any atom is -0.382 e. The van der Waals surface area contributed by atoms with Crippen molar-refractivity contribution in [3.05, 3.63) is 39.8 Å². The smallest absolute Gasteiger partial charge is 0.151 e. The molecule has 0 aliphatic rings. The van der Waals surface area contributed by atoms with E-state index in [2.05, 4.69) is 31.2 Å². The molecular formula is C10H7BrClFN4. The monoisotopic (exact) mass is 316 g/mol. The van der Waals surface area contributed by atoms with E-state index in [-0.39, 0.29) is 10.8 Å². The second-order valence-corrected chi connectivity index (χ2v) is 4.46. The maximum Gasteiger partial charge on any atom is 0.151 e. The number of nitrogen functional groups attached to an aromatic ring is 1. The first-order chi connectivity index (χ1) is 8.06. The average Bonchev–Trinajstić information content (AvgIpc) is 2.23. The number of anilines is 3. The van der Waals surface area contributed by atoms with Crippen molar-refractivity contribution in [1.29, 1.82) is 0 Å². The van der Waals surface area contributed by atoms with Crippen molar-refractivity contribution in [3.8, 4) is 0 Å². The summed E-state index contributed by atoms with van der Waals surface area (Å²) < 4.78 is 13.5. The molecule has 2 rings (SSSR count). The molecule has 0 atom stereocenters. The van der Waals surface area contributed by atoms with Gasteiger partial charge < -0.3 is 11.1 Å². The number of nitrogens with one attached hydrogen (secondary N) is 1. The average molecular weight is 318 g/mol. The summed E-state index contributed by atoms with van der Waals surface area (Å²) in [6.07, 6.45) is 2.91. The largest absolute Gasteiger partial charge is 0.382 e. The second kappa shape index (κ2) is 4.85. The first-order valence-electron chi connectivity index (χ1n) is 4.55. The minimum atomic E-state index is -0.425. The molecule has 4 nitrogen and oxygen atoms in total. The second-order valence-electron chi connectivity index (χ2n) is 3.20. The van der Waals surface area contributed by atoms with Gasteiger partial charge in [-0.3, -0.25) is 4.98 Å². The topological polar surface area (TPSA) is 63.8 Å². The Morgan fingerprint density at radius 1 is 1.35 bits per heavy atom. The third-order valence-corrected chi connectivity index (χ3v) is 2.84. The number of halogens is 3. The van der Waals surface area contributed by atoms with Crippen molar-refractivity contribution in [2.75, 3.05) is 11.1 Å². The third-order valence-electron chi connectivity index (χ3n) is 1.91. The van der Waals surface area contributed by atoms with Gasteiger partial charge in [0.2, 0.25) is 0 Å². The van der Waals surface area contributed by atoms with Gasteiger partial charge in [0.1, 0.15) is 11.6 Å². The van der Waals surface area contributed by atoms with Crippen molar-refractivity contribution in [2.45, 2.75) is 0 Å². The Labute approximate surface area is 110 Å². The fraction of sp³-hybridized carbons (Fsp3) is 0. The van der Waals surface area contributed by atoms with Gasteiger partial charge >= 0.3 is 0 Å². The summed E-state index contributed by atoms with van der Waals surface area (Å²) in [4.78, 5) is 7.88. The number of aromatic nitrogens is 2. The lowest BCUT2D eigenvalue weighted by molar-refractivity contribution is 0.627. The van der Waals surface area contributed by atoms with Gasteiger partial charge in [-0.05, 0) is 28.1 Å². The number of hydrogen-bond donors (Lipinski definition) is 2. The zero-order valence-electron chi connectivity index (χ0n) is 8.42. The number of nitrogens with two attached hydrogens (primary N) is 1. The number of rotatable bonds is 2. The molecule has 0 unspecified atom stereocenters. The molecule has 1 aromatic heterocycles. The molecule has 0 radical (unpaired) electrons. The standard InChI is InChI=1S/C10H7BrClFN4/c11-6-1-5(13)2-7(12)10(6)17-9-4-15-3-8(14)16-9/h1-4H,(H3,14,16,17). The Morgan fingerprint density at radius 2 is 2.12 bits per heavy atom. The molecule has 1 aromatic carbocycles. The number of nitrogens with zero attached hydrogens (tertiary/aromatic N) is 2. The van der Waals surface area contributed by atoms with E-state index in [4.69, 9.17) is 17.3 Å². The predicted molar refractivity (Wildman–Crippen MR) is 68.8 cm³/mol. The predicted octanol–water partition coefficient (Wildman–Crippen LogP) is 3.36. The summed E-state index contributed by atoms with van der Waals surface area (Å²) >= 11 is 9.12. The van der Waals surface area contributed by atoms with Gasteiger partial charge in [-0.1, -0.05) is 11.6 Å². The molecule has 0 saturated heterocycles. The maximum absolute atomic E-state index is 13.0. The minimum absolute atomic E-state index is 0.237. The van der Waals surface area contributed by atoms with Crippen LogP contribution in [-0.2, 0) is 0 Å². The molecule has 0 amide bonds. The molecule has 0 spiro atoms. The van der Waals surface area contributed by atoms with Crippen LogP contribution in [0.25, 0.3) is 0 Å². The van der Waals surface area contributed by atoms with Crippen molar-refractivity contribution in [3.63, 3.8) is 0 Å². The van der Waals surface area contributed by atoms with Gasteiger partial charge in [-0.15, -0.1) is 0 Å². The Bertz CT molecular complexity index is 541. The van der Waals surface area contributed by atoms with E-state index in [9.17, 15) is 4.39 Å². The van der Waals surface area contributed by atoms with E-state index >= 15 is 0 Å². The molecule has 17 heavy (non-hydrogen) atoms. The highest BCUT2D eigenvalue weighted by Gasteiger charge is 2.09. The molecule has 3 N–H and O–H groups in total. The molecule has 7 heteroatoms. The summed E-state index contributed by atoms with van der Waals surface area (Å²) in [5, 5.41) is 3.15. The zero-order valence-corrected chi connectivity index (χ0v) is 10.8. The highest BCUT2D eigenvalue weighted by atomic mass is 79.9. The molecular weight excluding hydrogens is 310 g/mol. The van der Waals surface area contributed by atoms with E-state index in [1.807, 2.05) is 0 Å². The van der Waals surface area contributed by atoms with E-state index in [0.717, 1.165) is 0 Å². The van der Waals surface area contributed by atoms with Crippen LogP contribution in [0.2, 0.25) is 5.02 Å². The number of benzene rings is 1. The van der Waals surface area contributed by atoms with E-state index in [1.54, 1.807) is 0 Å². The van der Waals surface area contributed by atoms with Gasteiger partial charge in [0.15, 0.2) is 5.82 Å². The van der Waals surface area contributed by atoms with Crippen LogP contribution in [0.5, 0.6) is 0 Å². The molecule has 2 aromatic rings. The quantitative estimate of drug-likeness (QED) is 0.891. The van der Waals surface area contributed by atoms with Gasteiger partial charge in [-0.2, -0.15) is 0 Å². The molecule has 0 saturated carbocycles. The first-order valence-corrected chi connectivity index (χ1v) is 5.72. The van der Waals surface area contributed by atoms with Crippen molar-refractivity contribution in [1.82, 2.24) is 9.97 Å². The van der Waals surface area contributed by atoms with Crippen LogP contribution in [0, 0.1) is 5.82 Å². The Hall–Kier alpha value is -1.40. The van der Waals surface area contributed by atoms with Gasteiger partial charge in [-0.25, -0.2) is 9.37 Å². The fourth-order valence-electron chi connectivity index (χ4n) is 1.23. The maximum atomic E-state index is 13.0. The van der Waals surface area contributed by atoms with Gasteiger partial charge in [0.25, 0.3) is 0 Å². The molecule has 1 heterocycles. The van der Waals surface area contributed by atoms with E-state index in [0.29, 0.717) is 16.0 Å². The lowest BCUT2D eigenvalue weighted by atomic mass is 10.3. The van der Waals surface area contributed by atoms with Crippen LogP contribution in [0.4, 0.5) is 21.7 Å². The Balaban J connectivity index is 2.36. The van der Waals surface area contributed by atoms with Crippen LogP contribution in [0.1, 0.15) is 0 Å². The highest BCUT2D eigenvalue weighted by molar-refractivity contribution is 9.10. The van der Waals surface area contributed by atoms with Crippen LogP contribution < -0.4 is 11.1 Å². The number of hydrogen-bond acceptors (Lipinski definition) is 4. The highest BCUT2D eigenvalue weighted by Crippen LogP contribution is 2.33. The molecule has 0 bridgehead atoms. The fourth-order valence-corrected chi connectivity index (χ4v) is 2.13. The van der Waals surface area contributed by atoms with Crippen molar-refractivity contribution in [2.24, 2.45) is 0 Å². The van der Waals surface area contributed by atoms with Crippen LogP contribution >= 0.6 is 27.5 Å². The van der Waals surface area contributed by atoms with Crippen LogP contribution in [0.15, 0.2) is 29.0 Å². The van der Waals surface area contributed by atoms with E-state index < -0.39 is 5.82 Å². The lowest BCUT2D eigenvalue weighted by Crippen LogP contribution is -1.99.